The molecule has 1 fully saturated rings. The summed E-state index contributed by atoms with van der Waals surface area (Å²) in [5, 5.41) is 6.34. The summed E-state index contributed by atoms with van der Waals surface area (Å²) in [5.74, 6) is 0.295. The molecule has 1 amide bonds. The first-order valence-corrected chi connectivity index (χ1v) is 8.81. The Morgan fingerprint density at radius 2 is 2.17 bits per heavy atom. The van der Waals surface area contributed by atoms with E-state index >= 15 is 0 Å². The minimum Gasteiger partial charge on any atom is -0.466 e. The molecule has 5 heteroatoms. The van der Waals surface area contributed by atoms with Gasteiger partial charge < -0.3 is 15.4 Å². The quantitative estimate of drug-likeness (QED) is 0.718. The van der Waals surface area contributed by atoms with E-state index in [9.17, 15) is 9.59 Å². The molecule has 2 atom stereocenters. The van der Waals surface area contributed by atoms with Gasteiger partial charge in [-0.1, -0.05) is 24.3 Å². The number of hydrogen-bond donors (Lipinski definition) is 2. The molecule has 1 aliphatic rings. The van der Waals surface area contributed by atoms with E-state index in [-0.39, 0.29) is 24.3 Å². The van der Waals surface area contributed by atoms with Crippen LogP contribution in [0.1, 0.15) is 49.8 Å². The van der Waals surface area contributed by atoms with Gasteiger partial charge in [-0.3, -0.25) is 9.59 Å². The van der Waals surface area contributed by atoms with Crippen molar-refractivity contribution < 1.29 is 14.3 Å². The Hall–Kier alpha value is -1.88. The SMILES string of the molecule is CCOC(=O)CC(NC(=O)CCC1CCNC1)c1ccccc1C. The predicted octanol–water partition coefficient (Wildman–Crippen LogP) is 2.50. The number of aryl methyl sites for hydroxylation is 1. The summed E-state index contributed by atoms with van der Waals surface area (Å²) < 4.78 is 5.06. The largest absolute Gasteiger partial charge is 0.466 e. The van der Waals surface area contributed by atoms with E-state index in [1.165, 1.54) is 0 Å². The van der Waals surface area contributed by atoms with Crippen molar-refractivity contribution in [2.75, 3.05) is 19.7 Å². The predicted molar refractivity (Wildman–Crippen MR) is 93.5 cm³/mol. The van der Waals surface area contributed by atoms with Crippen LogP contribution in [-0.2, 0) is 14.3 Å². The standard InChI is InChI=1S/C19H28N2O3/c1-3-24-19(23)12-17(16-7-5-4-6-14(16)2)21-18(22)9-8-15-10-11-20-13-15/h4-7,15,17,20H,3,8-13H2,1-2H3,(H,21,22). The van der Waals surface area contributed by atoms with Crippen LogP contribution in [0, 0.1) is 12.8 Å². The molecule has 0 radical (unpaired) electrons. The van der Waals surface area contributed by atoms with Crippen LogP contribution in [0.3, 0.4) is 0 Å². The minimum absolute atomic E-state index is 0.000508. The third-order valence-corrected chi connectivity index (χ3v) is 4.52. The number of hydrogen-bond acceptors (Lipinski definition) is 4. The molecule has 1 heterocycles. The van der Waals surface area contributed by atoms with E-state index in [0.29, 0.717) is 18.9 Å². The number of esters is 1. The second kappa shape index (κ2) is 9.42. The van der Waals surface area contributed by atoms with Crippen LogP contribution in [0.15, 0.2) is 24.3 Å². The molecule has 5 nitrogen and oxygen atoms in total. The van der Waals surface area contributed by atoms with Crippen LogP contribution in [0.25, 0.3) is 0 Å². The van der Waals surface area contributed by atoms with Gasteiger partial charge in [-0.25, -0.2) is 0 Å². The van der Waals surface area contributed by atoms with E-state index in [0.717, 1.165) is 37.1 Å². The average Bonchev–Trinajstić information content (AvgIpc) is 3.06. The summed E-state index contributed by atoms with van der Waals surface area (Å²) in [6.45, 7) is 6.17. The molecule has 2 rings (SSSR count). The Balaban J connectivity index is 1.97. The van der Waals surface area contributed by atoms with Gasteiger partial charge in [0.15, 0.2) is 0 Å². The van der Waals surface area contributed by atoms with Crippen LogP contribution in [-0.4, -0.2) is 31.6 Å². The number of carbonyl (C=O) groups is 2. The number of ether oxygens (including phenoxy) is 1. The molecule has 0 spiro atoms. The molecule has 0 aromatic heterocycles. The Labute approximate surface area is 144 Å². The zero-order valence-electron chi connectivity index (χ0n) is 14.6. The monoisotopic (exact) mass is 332 g/mol. The molecule has 1 aromatic carbocycles. The van der Waals surface area contributed by atoms with E-state index in [1.807, 2.05) is 31.2 Å². The molecule has 0 aliphatic carbocycles. The minimum atomic E-state index is -0.334. The molecular formula is C19H28N2O3. The van der Waals surface area contributed by atoms with Crippen molar-refractivity contribution in [1.29, 1.82) is 0 Å². The van der Waals surface area contributed by atoms with Crippen molar-refractivity contribution in [2.45, 2.75) is 45.6 Å². The Kier molecular flexibility index (Phi) is 7.25. The summed E-state index contributed by atoms with van der Waals surface area (Å²) >= 11 is 0. The van der Waals surface area contributed by atoms with E-state index < -0.39 is 0 Å². The molecule has 1 aromatic rings. The molecule has 2 N–H and O–H groups in total. The van der Waals surface area contributed by atoms with Gasteiger partial charge in [0.25, 0.3) is 0 Å². The first kappa shape index (κ1) is 18.5. The lowest BCUT2D eigenvalue weighted by Gasteiger charge is -2.21. The van der Waals surface area contributed by atoms with Crippen LogP contribution >= 0.6 is 0 Å². The van der Waals surface area contributed by atoms with Crippen molar-refractivity contribution in [2.24, 2.45) is 5.92 Å². The van der Waals surface area contributed by atoms with Crippen molar-refractivity contribution in [3.63, 3.8) is 0 Å². The summed E-state index contributed by atoms with van der Waals surface area (Å²) in [7, 11) is 0. The van der Waals surface area contributed by atoms with Gasteiger partial charge >= 0.3 is 5.97 Å². The van der Waals surface area contributed by atoms with Crippen molar-refractivity contribution in [3.8, 4) is 0 Å². The number of carbonyl (C=O) groups excluding carboxylic acids is 2. The molecule has 2 unspecified atom stereocenters. The van der Waals surface area contributed by atoms with Gasteiger partial charge in [0.1, 0.15) is 0 Å². The third-order valence-electron chi connectivity index (χ3n) is 4.52. The molecule has 1 aliphatic heterocycles. The number of nitrogens with one attached hydrogen (secondary N) is 2. The van der Waals surface area contributed by atoms with Crippen molar-refractivity contribution >= 4 is 11.9 Å². The van der Waals surface area contributed by atoms with Crippen molar-refractivity contribution in [1.82, 2.24) is 10.6 Å². The zero-order valence-corrected chi connectivity index (χ0v) is 14.6. The van der Waals surface area contributed by atoms with Gasteiger partial charge in [-0.05, 0) is 56.8 Å². The fourth-order valence-corrected chi connectivity index (χ4v) is 3.17. The van der Waals surface area contributed by atoms with Gasteiger partial charge in [-0.15, -0.1) is 0 Å². The molecule has 0 saturated carbocycles. The van der Waals surface area contributed by atoms with Gasteiger partial charge in [0.05, 0.1) is 19.1 Å². The molecule has 1 saturated heterocycles. The molecule has 0 bridgehead atoms. The number of rotatable bonds is 8. The molecule has 24 heavy (non-hydrogen) atoms. The first-order chi connectivity index (χ1) is 11.6. The Morgan fingerprint density at radius 3 is 2.83 bits per heavy atom. The highest BCUT2D eigenvalue weighted by atomic mass is 16.5. The smallest absolute Gasteiger partial charge is 0.308 e. The molecule has 132 valence electrons. The van der Waals surface area contributed by atoms with Gasteiger partial charge in [-0.2, -0.15) is 0 Å². The highest BCUT2D eigenvalue weighted by molar-refractivity contribution is 5.78. The maximum absolute atomic E-state index is 12.4. The van der Waals surface area contributed by atoms with Crippen LogP contribution in [0.4, 0.5) is 0 Å². The fraction of sp³-hybridized carbons (Fsp3) is 0.579. The zero-order chi connectivity index (χ0) is 17.4. The summed E-state index contributed by atoms with van der Waals surface area (Å²) in [4.78, 5) is 24.3. The summed E-state index contributed by atoms with van der Waals surface area (Å²) in [5.41, 5.74) is 2.04. The van der Waals surface area contributed by atoms with E-state index in [1.54, 1.807) is 6.92 Å². The van der Waals surface area contributed by atoms with E-state index in [2.05, 4.69) is 10.6 Å². The fourth-order valence-electron chi connectivity index (χ4n) is 3.17. The first-order valence-electron chi connectivity index (χ1n) is 8.81. The maximum Gasteiger partial charge on any atom is 0.308 e. The lowest BCUT2D eigenvalue weighted by molar-refractivity contribution is -0.143. The average molecular weight is 332 g/mol. The topological polar surface area (TPSA) is 67.4 Å². The lowest BCUT2D eigenvalue weighted by Crippen LogP contribution is -2.31. The highest BCUT2D eigenvalue weighted by Crippen LogP contribution is 2.22. The van der Waals surface area contributed by atoms with Crippen LogP contribution < -0.4 is 10.6 Å². The normalized spacial score (nSPS) is 18.2. The van der Waals surface area contributed by atoms with Crippen LogP contribution in [0.5, 0.6) is 0 Å². The second-order valence-electron chi connectivity index (χ2n) is 6.38. The van der Waals surface area contributed by atoms with E-state index in [4.69, 9.17) is 4.74 Å². The second-order valence-corrected chi connectivity index (χ2v) is 6.38. The molecular weight excluding hydrogens is 304 g/mol. The lowest BCUT2D eigenvalue weighted by atomic mass is 9.98. The third kappa shape index (κ3) is 5.64. The number of benzene rings is 1. The van der Waals surface area contributed by atoms with Gasteiger partial charge in [0.2, 0.25) is 5.91 Å². The highest BCUT2D eigenvalue weighted by Gasteiger charge is 2.22. The number of amides is 1. The van der Waals surface area contributed by atoms with Crippen LogP contribution in [0.2, 0.25) is 0 Å². The van der Waals surface area contributed by atoms with Gasteiger partial charge in [0, 0.05) is 6.42 Å². The van der Waals surface area contributed by atoms with Crippen molar-refractivity contribution in [3.05, 3.63) is 35.4 Å². The Morgan fingerprint density at radius 1 is 1.38 bits per heavy atom. The summed E-state index contributed by atoms with van der Waals surface area (Å²) in [6, 6.07) is 7.50. The Bertz CT molecular complexity index is 553. The maximum atomic E-state index is 12.4. The summed E-state index contributed by atoms with van der Waals surface area (Å²) in [6.07, 6.45) is 2.68.